The average molecular weight is 606 g/mol. The molecule has 0 saturated carbocycles. The second kappa shape index (κ2) is 10.8. The molecular weight excluding hydrogens is 573 g/mol. The Kier molecular flexibility index (Phi) is 7.06. The van der Waals surface area contributed by atoms with E-state index in [2.05, 4.69) is 75.8 Å². The number of rotatable bonds is 7. The van der Waals surface area contributed by atoms with Crippen LogP contribution in [0.2, 0.25) is 0 Å². The van der Waals surface area contributed by atoms with Gasteiger partial charge in [0.25, 0.3) is 0 Å². The molecule has 37 heavy (non-hydrogen) atoms. The molecule has 6 rings (SSSR count). The molecule has 0 spiro atoms. The van der Waals surface area contributed by atoms with E-state index < -0.39 is 19.8 Å². The van der Waals surface area contributed by atoms with E-state index in [1.165, 1.54) is 20.0 Å². The maximum atomic E-state index is 13.3. The van der Waals surface area contributed by atoms with E-state index in [9.17, 15) is 4.79 Å². The van der Waals surface area contributed by atoms with Crippen LogP contribution < -0.4 is 5.56 Å². The summed E-state index contributed by atoms with van der Waals surface area (Å²) < 4.78 is 7.08. The normalized spacial score (nSPS) is 15.7. The van der Waals surface area contributed by atoms with Crippen molar-refractivity contribution >= 4 is 36.5 Å². The van der Waals surface area contributed by atoms with Gasteiger partial charge in [-0.15, -0.1) is 0 Å². The van der Waals surface area contributed by atoms with Crippen LogP contribution in [0.1, 0.15) is 27.3 Å². The van der Waals surface area contributed by atoms with Crippen LogP contribution in [0.3, 0.4) is 0 Å². The van der Waals surface area contributed by atoms with Gasteiger partial charge in [-0.1, -0.05) is 0 Å². The number of aromatic nitrogens is 4. The van der Waals surface area contributed by atoms with Gasteiger partial charge in [-0.3, -0.25) is 0 Å². The van der Waals surface area contributed by atoms with Crippen molar-refractivity contribution in [3.8, 4) is 0 Å². The first-order valence-electron chi connectivity index (χ1n) is 13.0. The fourth-order valence-corrected chi connectivity index (χ4v) is 12.7. The van der Waals surface area contributed by atoms with Gasteiger partial charge in [0.05, 0.1) is 0 Å². The number of benzene rings is 3. The fourth-order valence-electron chi connectivity index (χ4n) is 5.44. The minimum absolute atomic E-state index is 0.0242. The average Bonchev–Trinajstić information content (AvgIpc) is 3.34. The van der Waals surface area contributed by atoms with Crippen LogP contribution >= 0.6 is 19.8 Å². The van der Waals surface area contributed by atoms with E-state index >= 15 is 0 Å². The van der Waals surface area contributed by atoms with Crippen molar-refractivity contribution in [3.63, 3.8) is 0 Å². The Morgan fingerprint density at radius 1 is 0.811 bits per heavy atom. The summed E-state index contributed by atoms with van der Waals surface area (Å²) in [5, 5.41) is 9.34. The van der Waals surface area contributed by atoms with Crippen LogP contribution in [0.25, 0.3) is 16.7 Å². The SMILES string of the molecule is Cc1nnc2n(CCCN3CCI(C(c4ccccc4)c4ccccc4)CC3)c(=O)c3ccccc3n12. The van der Waals surface area contributed by atoms with E-state index in [1.807, 2.05) is 40.2 Å². The third-order valence-electron chi connectivity index (χ3n) is 7.31. The van der Waals surface area contributed by atoms with Gasteiger partial charge in [0, 0.05) is 0 Å². The molecule has 1 fully saturated rings. The number of para-hydroxylation sites is 1. The van der Waals surface area contributed by atoms with Gasteiger partial charge in [0.2, 0.25) is 0 Å². The van der Waals surface area contributed by atoms with Gasteiger partial charge < -0.3 is 0 Å². The van der Waals surface area contributed by atoms with Crippen LogP contribution in [0.15, 0.2) is 89.7 Å². The summed E-state index contributed by atoms with van der Waals surface area (Å²) in [7, 11) is 0. The Balaban J connectivity index is 1.14. The van der Waals surface area contributed by atoms with E-state index in [1.54, 1.807) is 0 Å². The van der Waals surface area contributed by atoms with Crippen LogP contribution in [-0.4, -0.2) is 52.6 Å². The zero-order chi connectivity index (χ0) is 25.2. The van der Waals surface area contributed by atoms with Crippen LogP contribution in [0, 0.1) is 6.92 Å². The predicted molar refractivity (Wildman–Crippen MR) is 159 cm³/mol. The topological polar surface area (TPSA) is 55.4 Å². The van der Waals surface area contributed by atoms with Gasteiger partial charge in [-0.05, 0) is 0 Å². The van der Waals surface area contributed by atoms with Gasteiger partial charge >= 0.3 is 225 Å². The van der Waals surface area contributed by atoms with E-state index in [-0.39, 0.29) is 5.56 Å². The van der Waals surface area contributed by atoms with Crippen molar-refractivity contribution in [2.24, 2.45) is 0 Å². The summed E-state index contributed by atoms with van der Waals surface area (Å²) in [4.78, 5) is 15.9. The Bertz CT molecular complexity index is 1520. The van der Waals surface area contributed by atoms with Crippen LogP contribution in [-0.2, 0) is 6.54 Å². The molecule has 3 heterocycles. The zero-order valence-electron chi connectivity index (χ0n) is 21.1. The molecule has 0 N–H and O–H groups in total. The van der Waals surface area contributed by atoms with Crippen molar-refractivity contribution < 1.29 is 0 Å². The Morgan fingerprint density at radius 2 is 1.43 bits per heavy atom. The van der Waals surface area contributed by atoms with Crippen LogP contribution in [0.4, 0.5) is 0 Å². The molecule has 1 aliphatic heterocycles. The molecule has 6 nitrogen and oxygen atoms in total. The van der Waals surface area contributed by atoms with E-state index in [0.717, 1.165) is 42.8 Å². The molecule has 1 aliphatic rings. The molecule has 0 amide bonds. The van der Waals surface area contributed by atoms with Gasteiger partial charge in [-0.25, -0.2) is 0 Å². The first kappa shape index (κ1) is 24.3. The van der Waals surface area contributed by atoms with Crippen molar-refractivity contribution in [3.05, 3.63) is 112 Å². The zero-order valence-corrected chi connectivity index (χ0v) is 23.3. The number of halogens is 1. The number of alkyl halides is 3. The second-order valence-corrected chi connectivity index (χ2v) is 15.9. The second-order valence-electron chi connectivity index (χ2n) is 9.61. The number of nitrogens with zero attached hydrogens (tertiary/aromatic N) is 5. The van der Waals surface area contributed by atoms with Gasteiger partial charge in [-0.2, -0.15) is 0 Å². The van der Waals surface area contributed by atoms with E-state index in [4.69, 9.17) is 0 Å². The van der Waals surface area contributed by atoms with Gasteiger partial charge in [0.1, 0.15) is 0 Å². The molecule has 1 saturated heterocycles. The van der Waals surface area contributed by atoms with Crippen molar-refractivity contribution in [2.75, 3.05) is 28.5 Å². The van der Waals surface area contributed by atoms with Crippen molar-refractivity contribution in [1.82, 2.24) is 24.1 Å². The third kappa shape index (κ3) is 4.82. The summed E-state index contributed by atoms with van der Waals surface area (Å²) in [6, 6.07) is 30.0. The summed E-state index contributed by atoms with van der Waals surface area (Å²) in [6.45, 7) is 5.92. The molecule has 7 heteroatoms. The molecule has 0 bridgehead atoms. The van der Waals surface area contributed by atoms with E-state index in [0.29, 0.717) is 16.2 Å². The summed E-state index contributed by atoms with van der Waals surface area (Å²) in [6.07, 6.45) is 0.925. The van der Waals surface area contributed by atoms with Gasteiger partial charge in [0.15, 0.2) is 0 Å². The summed E-state index contributed by atoms with van der Waals surface area (Å²) in [5.41, 5.74) is 3.86. The molecule has 0 aliphatic carbocycles. The minimum atomic E-state index is -1.22. The first-order chi connectivity index (χ1) is 18.2. The van der Waals surface area contributed by atoms with Crippen molar-refractivity contribution in [1.29, 1.82) is 0 Å². The molecule has 0 atom stereocenters. The summed E-state index contributed by atoms with van der Waals surface area (Å²) >= 11 is -1.22. The standard InChI is InChI=1S/C30H32IN5O/c1-23-32-33-30-35(29(37)26-15-8-9-16-27(26)36(23)30)20-10-19-34-21-17-31(18-22-34)28(24-11-4-2-5-12-24)25-13-6-3-7-14-25/h2-9,11-16,28H,10,17-22H2,1H3. The molecule has 3 aromatic carbocycles. The quantitative estimate of drug-likeness (QED) is 0.185. The molecule has 5 aromatic rings. The molecule has 0 radical (unpaired) electrons. The predicted octanol–water partition coefficient (Wildman–Crippen LogP) is 5.35. The number of fused-ring (bicyclic) bond motifs is 3. The number of hydrogen-bond donors (Lipinski definition) is 0. The summed E-state index contributed by atoms with van der Waals surface area (Å²) in [5.74, 6) is 1.45. The molecule has 2 aromatic heterocycles. The monoisotopic (exact) mass is 605 g/mol. The Morgan fingerprint density at radius 3 is 2.11 bits per heavy atom. The molecule has 190 valence electrons. The first-order valence-corrected chi connectivity index (χ1v) is 17.3. The maximum absolute atomic E-state index is 13.3. The molecule has 0 unspecified atom stereocenters. The number of hydrogen-bond acceptors (Lipinski definition) is 4. The Labute approximate surface area is 224 Å². The van der Waals surface area contributed by atoms with Crippen LogP contribution in [0.5, 0.6) is 0 Å². The van der Waals surface area contributed by atoms with Crippen molar-refractivity contribution in [2.45, 2.75) is 23.8 Å². The number of aryl methyl sites for hydroxylation is 2. The third-order valence-corrected chi connectivity index (χ3v) is 14.2. The Hall–Kier alpha value is -3.04. The fraction of sp³-hybridized carbons (Fsp3) is 0.300. The molecular formula is C30H32IN5O.